The van der Waals surface area contributed by atoms with Crippen LogP contribution in [-0.2, 0) is 11.6 Å². The molecule has 0 saturated heterocycles. The number of hydrogen-bond acceptors (Lipinski definition) is 2. The quantitative estimate of drug-likeness (QED) is 0.295. The van der Waals surface area contributed by atoms with Crippen LogP contribution in [0.15, 0.2) is 116 Å². The maximum Gasteiger partial charge on any atom is 0.321 e. The predicted molar refractivity (Wildman–Crippen MR) is 123 cm³/mol. The highest BCUT2D eigenvalue weighted by Crippen LogP contribution is 2.13. The van der Waals surface area contributed by atoms with E-state index in [0.717, 1.165) is 11.4 Å². The van der Waals surface area contributed by atoms with Crippen LogP contribution in [0.2, 0.25) is 0 Å². The predicted octanol–water partition coefficient (Wildman–Crippen LogP) is 3.18. The van der Waals surface area contributed by atoms with Crippen LogP contribution in [0.25, 0.3) is 5.70 Å². The van der Waals surface area contributed by atoms with Crippen LogP contribution in [-0.4, -0.2) is 12.9 Å². The van der Waals surface area contributed by atoms with Crippen LogP contribution in [0.4, 0.5) is 0 Å². The second-order valence-electron chi connectivity index (χ2n) is 6.97. The summed E-state index contributed by atoms with van der Waals surface area (Å²) in [7, 11) is -0.799. The maximum atomic E-state index is 6.70. The third-order valence-electron chi connectivity index (χ3n) is 5.12. The molecule has 0 aliphatic heterocycles. The molecule has 0 spiro atoms. The van der Waals surface area contributed by atoms with Crippen molar-refractivity contribution in [3.8, 4) is 0 Å². The first-order valence-electron chi connectivity index (χ1n) is 9.63. The molecule has 29 heavy (non-hydrogen) atoms. The second kappa shape index (κ2) is 8.35. The van der Waals surface area contributed by atoms with E-state index in [1.165, 1.54) is 15.6 Å². The summed E-state index contributed by atoms with van der Waals surface area (Å²) in [5, 5.41) is 3.51. The Balaban J connectivity index is 1.84. The van der Waals surface area contributed by atoms with Crippen molar-refractivity contribution in [2.75, 3.05) is 0 Å². The standard InChI is InChI=1S/C25H24N2OSi/c1-21(25-19-12-20-27(25)2)26-28-29(22-13-6-3-7-14-22,23-15-8-4-9-16-23)24-17-10-5-11-18-24/h3-20,26H,1H2,2H3. The highest BCUT2D eigenvalue weighted by atomic mass is 28.4. The lowest BCUT2D eigenvalue weighted by molar-refractivity contribution is 0.255. The summed E-state index contributed by atoms with van der Waals surface area (Å²) in [5.41, 5.74) is 4.93. The molecule has 0 atom stereocenters. The van der Waals surface area contributed by atoms with Crippen LogP contribution >= 0.6 is 0 Å². The van der Waals surface area contributed by atoms with Crippen molar-refractivity contribution in [3.05, 3.63) is 122 Å². The largest absolute Gasteiger partial charge is 0.349 e. The third kappa shape index (κ3) is 3.68. The van der Waals surface area contributed by atoms with E-state index in [1.54, 1.807) is 0 Å². The lowest BCUT2D eigenvalue weighted by Crippen LogP contribution is -2.70. The van der Waals surface area contributed by atoms with Gasteiger partial charge in [-0.1, -0.05) is 97.6 Å². The Bertz CT molecular complexity index is 979. The summed E-state index contributed by atoms with van der Waals surface area (Å²) in [5.74, 6) is 0. The average molecular weight is 397 g/mol. The fraction of sp³-hybridized carbons (Fsp3) is 0.0400. The van der Waals surface area contributed by atoms with Gasteiger partial charge in [-0.05, 0) is 27.7 Å². The Hall–Kier alpha value is -3.34. The van der Waals surface area contributed by atoms with Gasteiger partial charge in [0.1, 0.15) is 0 Å². The van der Waals surface area contributed by atoms with Crippen molar-refractivity contribution in [2.24, 2.45) is 7.05 Å². The van der Waals surface area contributed by atoms with E-state index in [1.807, 2.05) is 48.1 Å². The highest BCUT2D eigenvalue weighted by Gasteiger charge is 2.43. The lowest BCUT2D eigenvalue weighted by atomic mass is 10.3. The van der Waals surface area contributed by atoms with E-state index in [4.69, 9.17) is 4.53 Å². The van der Waals surface area contributed by atoms with E-state index < -0.39 is 8.32 Å². The summed E-state index contributed by atoms with van der Waals surface area (Å²) >= 11 is 0. The molecule has 1 aromatic heterocycles. The molecule has 0 saturated carbocycles. The van der Waals surface area contributed by atoms with Gasteiger partial charge in [0, 0.05) is 13.2 Å². The van der Waals surface area contributed by atoms with E-state index in [9.17, 15) is 0 Å². The minimum atomic E-state index is -2.80. The van der Waals surface area contributed by atoms with Crippen LogP contribution in [0.1, 0.15) is 5.69 Å². The number of hydrogen-bond donors (Lipinski definition) is 1. The molecule has 144 valence electrons. The van der Waals surface area contributed by atoms with Crippen molar-refractivity contribution in [1.82, 2.24) is 10.0 Å². The molecule has 0 aliphatic carbocycles. The smallest absolute Gasteiger partial charge is 0.321 e. The van der Waals surface area contributed by atoms with E-state index in [0.29, 0.717) is 0 Å². The molecule has 4 aromatic rings. The Morgan fingerprint density at radius 3 is 1.55 bits per heavy atom. The highest BCUT2D eigenvalue weighted by molar-refractivity contribution is 7.07. The van der Waals surface area contributed by atoms with Crippen molar-refractivity contribution >= 4 is 29.6 Å². The Labute approximate surface area is 173 Å². The lowest BCUT2D eigenvalue weighted by Gasteiger charge is -2.33. The van der Waals surface area contributed by atoms with E-state index in [2.05, 4.69) is 84.9 Å². The summed E-state index contributed by atoms with van der Waals surface area (Å²) in [6.07, 6.45) is 2.00. The molecular weight excluding hydrogens is 372 g/mol. The van der Waals surface area contributed by atoms with Crippen LogP contribution in [0.3, 0.4) is 0 Å². The molecule has 0 radical (unpaired) electrons. The number of rotatable bonds is 7. The van der Waals surface area contributed by atoms with Crippen molar-refractivity contribution in [3.63, 3.8) is 0 Å². The van der Waals surface area contributed by atoms with Crippen LogP contribution in [0, 0.1) is 0 Å². The number of aromatic nitrogens is 1. The molecule has 3 nitrogen and oxygen atoms in total. The molecule has 1 N–H and O–H groups in total. The monoisotopic (exact) mass is 396 g/mol. The summed E-state index contributed by atoms with van der Waals surface area (Å²) in [4.78, 5) is 0. The molecule has 0 amide bonds. The van der Waals surface area contributed by atoms with Gasteiger partial charge in [0.05, 0.1) is 11.4 Å². The fourth-order valence-electron chi connectivity index (χ4n) is 3.66. The van der Waals surface area contributed by atoms with Crippen molar-refractivity contribution < 1.29 is 4.53 Å². The van der Waals surface area contributed by atoms with Gasteiger partial charge in [-0.3, -0.25) is 5.48 Å². The Morgan fingerprint density at radius 2 is 1.17 bits per heavy atom. The summed E-state index contributed by atoms with van der Waals surface area (Å²) < 4.78 is 8.73. The average Bonchev–Trinajstić information content (AvgIpc) is 3.22. The molecule has 0 fully saturated rings. The van der Waals surface area contributed by atoms with Gasteiger partial charge in [-0.15, -0.1) is 0 Å². The van der Waals surface area contributed by atoms with Crippen LogP contribution < -0.4 is 21.0 Å². The maximum absolute atomic E-state index is 6.70. The Kier molecular flexibility index (Phi) is 5.47. The third-order valence-corrected chi connectivity index (χ3v) is 8.97. The van der Waals surface area contributed by atoms with E-state index >= 15 is 0 Å². The molecule has 0 unspecified atom stereocenters. The minimum Gasteiger partial charge on any atom is -0.349 e. The molecule has 1 heterocycles. The molecule has 0 aliphatic rings. The van der Waals surface area contributed by atoms with Gasteiger partial charge in [-0.25, -0.2) is 0 Å². The zero-order chi connectivity index (χ0) is 20.1. The zero-order valence-corrected chi connectivity index (χ0v) is 17.5. The molecule has 4 rings (SSSR count). The zero-order valence-electron chi connectivity index (χ0n) is 16.5. The van der Waals surface area contributed by atoms with Gasteiger partial charge in [0.25, 0.3) is 0 Å². The Morgan fingerprint density at radius 1 is 0.724 bits per heavy atom. The number of benzene rings is 3. The number of nitrogens with zero attached hydrogens (tertiary/aromatic N) is 1. The van der Waals surface area contributed by atoms with Gasteiger partial charge >= 0.3 is 8.32 Å². The van der Waals surface area contributed by atoms with E-state index in [-0.39, 0.29) is 0 Å². The normalized spacial score (nSPS) is 11.2. The first-order valence-corrected chi connectivity index (χ1v) is 11.5. The summed E-state index contributed by atoms with van der Waals surface area (Å²) in [6, 6.07) is 35.5. The van der Waals surface area contributed by atoms with Gasteiger partial charge < -0.3 is 9.09 Å². The molecule has 0 bridgehead atoms. The molecule has 4 heteroatoms. The topological polar surface area (TPSA) is 26.2 Å². The SMILES string of the molecule is C=C(NO[Si](c1ccccc1)(c1ccccc1)c1ccccc1)c1cccn1C. The number of aryl methyl sites for hydroxylation is 1. The minimum absolute atomic E-state index is 0.733. The first-order chi connectivity index (χ1) is 14.2. The van der Waals surface area contributed by atoms with Gasteiger partial charge in [0.2, 0.25) is 0 Å². The second-order valence-corrected chi connectivity index (χ2v) is 10.3. The molecular formula is C25H24N2OSi. The van der Waals surface area contributed by atoms with Gasteiger partial charge in [-0.2, -0.15) is 0 Å². The molecule has 3 aromatic carbocycles. The fourth-order valence-corrected chi connectivity index (χ4v) is 7.28. The van der Waals surface area contributed by atoms with Crippen molar-refractivity contribution in [1.29, 1.82) is 0 Å². The number of nitrogens with one attached hydrogen (secondary N) is 1. The first kappa shape index (κ1) is 19.0. The van der Waals surface area contributed by atoms with Gasteiger partial charge in [0.15, 0.2) is 0 Å². The van der Waals surface area contributed by atoms with Crippen LogP contribution in [0.5, 0.6) is 0 Å². The van der Waals surface area contributed by atoms with Crippen molar-refractivity contribution in [2.45, 2.75) is 0 Å². The number of hydroxylamine groups is 1. The summed E-state index contributed by atoms with van der Waals surface area (Å²) in [6.45, 7) is 4.21.